The number of rotatable bonds is 3. The molecule has 19 heavy (non-hydrogen) atoms. The lowest BCUT2D eigenvalue weighted by Gasteiger charge is -2.30. The summed E-state index contributed by atoms with van der Waals surface area (Å²) in [4.78, 5) is 26.0. The molecule has 1 aliphatic heterocycles. The molecular weight excluding hydrogens is 242 g/mol. The van der Waals surface area contributed by atoms with E-state index in [1.54, 1.807) is 0 Å². The minimum absolute atomic E-state index is 0.00128. The lowest BCUT2D eigenvalue weighted by atomic mass is 9.78. The van der Waals surface area contributed by atoms with Gasteiger partial charge in [0, 0.05) is 13.0 Å². The number of hydrogen-bond acceptors (Lipinski definition) is 3. The van der Waals surface area contributed by atoms with E-state index in [4.69, 9.17) is 0 Å². The van der Waals surface area contributed by atoms with E-state index in [0.717, 1.165) is 25.7 Å². The summed E-state index contributed by atoms with van der Waals surface area (Å²) in [6.45, 7) is 6.46. The summed E-state index contributed by atoms with van der Waals surface area (Å²) in [5.41, 5.74) is -0.523. The molecule has 0 aromatic carbocycles. The average Bonchev–Trinajstić information content (AvgIpc) is 2.57. The number of aliphatic hydroxyl groups excluding tert-OH is 1. The van der Waals surface area contributed by atoms with Crippen LogP contribution in [0.2, 0.25) is 0 Å². The summed E-state index contributed by atoms with van der Waals surface area (Å²) in [6, 6.07) is 0. The first-order valence-corrected chi connectivity index (χ1v) is 7.37. The summed E-state index contributed by atoms with van der Waals surface area (Å²) < 4.78 is 0. The molecule has 1 heterocycles. The van der Waals surface area contributed by atoms with Gasteiger partial charge >= 0.3 is 0 Å². The molecule has 4 heteroatoms. The molecule has 0 aromatic rings. The Bertz CT molecular complexity index is 372. The van der Waals surface area contributed by atoms with Crippen molar-refractivity contribution in [1.82, 2.24) is 4.90 Å². The Kier molecular flexibility index (Phi) is 4.00. The summed E-state index contributed by atoms with van der Waals surface area (Å²) in [5.74, 6) is 0.527. The van der Waals surface area contributed by atoms with Crippen molar-refractivity contribution >= 4 is 11.8 Å². The van der Waals surface area contributed by atoms with Gasteiger partial charge in [0.1, 0.15) is 0 Å². The van der Waals surface area contributed by atoms with Gasteiger partial charge in [0.15, 0.2) is 0 Å². The fourth-order valence-electron chi connectivity index (χ4n) is 3.13. The summed E-state index contributed by atoms with van der Waals surface area (Å²) in [6.07, 6.45) is 3.57. The van der Waals surface area contributed by atoms with E-state index in [9.17, 15) is 14.7 Å². The first kappa shape index (κ1) is 14.5. The lowest BCUT2D eigenvalue weighted by Crippen LogP contribution is -2.40. The number of amides is 2. The summed E-state index contributed by atoms with van der Waals surface area (Å²) in [7, 11) is 0. The molecule has 1 aliphatic carbocycles. The summed E-state index contributed by atoms with van der Waals surface area (Å²) in [5, 5.41) is 9.50. The van der Waals surface area contributed by atoms with Crippen LogP contribution in [-0.4, -0.2) is 34.5 Å². The smallest absolute Gasteiger partial charge is 0.235 e. The van der Waals surface area contributed by atoms with Gasteiger partial charge in [0.05, 0.1) is 11.5 Å². The highest BCUT2D eigenvalue weighted by Crippen LogP contribution is 2.40. The van der Waals surface area contributed by atoms with Crippen LogP contribution in [0.25, 0.3) is 0 Å². The third kappa shape index (κ3) is 2.69. The van der Waals surface area contributed by atoms with Crippen LogP contribution in [0.15, 0.2) is 0 Å². The van der Waals surface area contributed by atoms with Crippen LogP contribution in [0.3, 0.4) is 0 Å². The Morgan fingerprint density at radius 1 is 1.26 bits per heavy atom. The van der Waals surface area contributed by atoms with Crippen molar-refractivity contribution in [3.63, 3.8) is 0 Å². The molecule has 108 valence electrons. The number of hydrogen-bond donors (Lipinski definition) is 1. The van der Waals surface area contributed by atoms with Gasteiger partial charge in [-0.3, -0.25) is 14.5 Å². The van der Waals surface area contributed by atoms with Gasteiger partial charge in [-0.2, -0.15) is 0 Å². The maximum atomic E-state index is 12.5. The first-order valence-electron chi connectivity index (χ1n) is 7.37. The molecule has 1 saturated heterocycles. The van der Waals surface area contributed by atoms with Gasteiger partial charge in [0.25, 0.3) is 0 Å². The highest BCUT2D eigenvalue weighted by atomic mass is 16.3. The predicted octanol–water partition coefficient (Wildman–Crippen LogP) is 1.96. The van der Waals surface area contributed by atoms with Crippen LogP contribution in [0.4, 0.5) is 0 Å². The lowest BCUT2D eigenvalue weighted by molar-refractivity contribution is -0.143. The molecule has 0 bridgehead atoms. The molecule has 1 N–H and O–H groups in total. The van der Waals surface area contributed by atoms with E-state index in [1.807, 2.05) is 20.8 Å². The van der Waals surface area contributed by atoms with Crippen molar-refractivity contribution in [2.75, 3.05) is 6.54 Å². The molecule has 4 nitrogen and oxygen atoms in total. The van der Waals surface area contributed by atoms with Crippen LogP contribution in [-0.2, 0) is 9.59 Å². The van der Waals surface area contributed by atoms with Gasteiger partial charge in [-0.25, -0.2) is 0 Å². The van der Waals surface area contributed by atoms with Crippen molar-refractivity contribution in [3.05, 3.63) is 0 Å². The molecule has 0 spiro atoms. The zero-order valence-electron chi connectivity index (χ0n) is 12.2. The standard InChI is InChI=1S/C15H25NO3/c1-10(2)15(3)8-13(18)16(14(15)19)9-11-4-6-12(17)7-5-11/h10-12,17H,4-9H2,1-3H3. The molecule has 2 fully saturated rings. The molecule has 1 saturated carbocycles. The second-order valence-corrected chi connectivity index (χ2v) is 6.73. The van der Waals surface area contributed by atoms with E-state index < -0.39 is 5.41 Å². The monoisotopic (exact) mass is 267 g/mol. The van der Waals surface area contributed by atoms with Gasteiger partial charge < -0.3 is 5.11 Å². The SMILES string of the molecule is CC(C)C1(C)CC(=O)N(CC2CCC(O)CC2)C1=O. The van der Waals surface area contributed by atoms with Crippen LogP contribution >= 0.6 is 0 Å². The Morgan fingerprint density at radius 3 is 2.32 bits per heavy atom. The van der Waals surface area contributed by atoms with Crippen molar-refractivity contribution in [1.29, 1.82) is 0 Å². The molecule has 2 rings (SSSR count). The molecule has 1 unspecified atom stereocenters. The minimum Gasteiger partial charge on any atom is -0.393 e. The number of carbonyl (C=O) groups is 2. The van der Waals surface area contributed by atoms with Crippen molar-refractivity contribution in [3.8, 4) is 0 Å². The van der Waals surface area contributed by atoms with Gasteiger partial charge in [0.2, 0.25) is 11.8 Å². The van der Waals surface area contributed by atoms with Crippen LogP contribution < -0.4 is 0 Å². The number of imide groups is 1. The Balaban J connectivity index is 2.01. The van der Waals surface area contributed by atoms with Gasteiger partial charge in [-0.05, 0) is 44.4 Å². The second-order valence-electron chi connectivity index (χ2n) is 6.73. The van der Waals surface area contributed by atoms with E-state index in [2.05, 4.69) is 0 Å². The second kappa shape index (κ2) is 5.23. The van der Waals surface area contributed by atoms with Gasteiger partial charge in [-0.15, -0.1) is 0 Å². The Labute approximate surface area is 115 Å². The molecule has 1 atom stereocenters. The third-order valence-electron chi connectivity index (χ3n) is 5.08. The largest absolute Gasteiger partial charge is 0.393 e. The predicted molar refractivity (Wildman–Crippen MR) is 72.2 cm³/mol. The fraction of sp³-hybridized carbons (Fsp3) is 0.867. The number of likely N-dealkylation sites (tertiary alicyclic amines) is 1. The van der Waals surface area contributed by atoms with Crippen molar-refractivity contribution in [2.24, 2.45) is 17.3 Å². The molecular formula is C15H25NO3. The minimum atomic E-state index is -0.523. The quantitative estimate of drug-likeness (QED) is 0.795. The van der Waals surface area contributed by atoms with E-state index in [-0.39, 0.29) is 23.8 Å². The maximum absolute atomic E-state index is 12.5. The highest BCUT2D eigenvalue weighted by molar-refractivity contribution is 6.05. The van der Waals surface area contributed by atoms with Crippen LogP contribution in [0.1, 0.15) is 52.9 Å². The van der Waals surface area contributed by atoms with Crippen molar-refractivity contribution < 1.29 is 14.7 Å². The molecule has 2 aliphatic rings. The first-order chi connectivity index (χ1) is 8.84. The van der Waals surface area contributed by atoms with E-state index >= 15 is 0 Å². The van der Waals surface area contributed by atoms with Crippen LogP contribution in [0, 0.1) is 17.3 Å². The van der Waals surface area contributed by atoms with Gasteiger partial charge in [-0.1, -0.05) is 13.8 Å². The Hall–Kier alpha value is -0.900. The van der Waals surface area contributed by atoms with Crippen molar-refractivity contribution in [2.45, 2.75) is 59.0 Å². The molecule has 2 amide bonds. The number of nitrogens with zero attached hydrogens (tertiary/aromatic N) is 1. The third-order valence-corrected chi connectivity index (χ3v) is 5.08. The van der Waals surface area contributed by atoms with Crippen LogP contribution in [0.5, 0.6) is 0 Å². The highest BCUT2D eigenvalue weighted by Gasteiger charge is 2.50. The van der Waals surface area contributed by atoms with E-state index in [0.29, 0.717) is 18.9 Å². The Morgan fingerprint density at radius 2 is 1.84 bits per heavy atom. The summed E-state index contributed by atoms with van der Waals surface area (Å²) >= 11 is 0. The number of carbonyl (C=O) groups excluding carboxylic acids is 2. The molecule has 0 aromatic heterocycles. The van der Waals surface area contributed by atoms with E-state index in [1.165, 1.54) is 4.90 Å². The maximum Gasteiger partial charge on any atom is 0.235 e. The molecule has 0 radical (unpaired) electrons. The topological polar surface area (TPSA) is 57.6 Å². The zero-order valence-corrected chi connectivity index (χ0v) is 12.2. The fourth-order valence-corrected chi connectivity index (χ4v) is 3.13. The number of aliphatic hydroxyl groups is 1. The normalized spacial score (nSPS) is 36.4. The zero-order chi connectivity index (χ0) is 14.2. The average molecular weight is 267 g/mol.